The molecule has 0 unspecified atom stereocenters. The smallest absolute Gasteiger partial charge is 0.336 e. The van der Waals surface area contributed by atoms with Crippen LogP contribution in [0.15, 0.2) is 23.2 Å². The van der Waals surface area contributed by atoms with Gasteiger partial charge in [-0.15, -0.1) is 0 Å². The Hall–Kier alpha value is -2.00. The number of carbonyl (C=O) groups excluding carboxylic acids is 1. The Bertz CT molecular complexity index is 529. The zero-order chi connectivity index (χ0) is 13.2. The van der Waals surface area contributed by atoms with Gasteiger partial charge in [-0.1, -0.05) is 18.9 Å². The van der Waals surface area contributed by atoms with Crippen molar-refractivity contribution < 1.29 is 19.1 Å². The Balaban J connectivity index is 2.61. The first-order valence-corrected chi connectivity index (χ1v) is 5.71. The number of isocyanates is 1. The highest BCUT2D eigenvalue weighted by molar-refractivity contribution is 5.90. The minimum absolute atomic E-state index is 0.129. The lowest BCUT2D eigenvalue weighted by Gasteiger charge is -2.24. The van der Waals surface area contributed by atoms with Crippen LogP contribution in [0.5, 0.6) is 0 Å². The summed E-state index contributed by atoms with van der Waals surface area (Å²) < 4.78 is 13.1. The zero-order valence-corrected chi connectivity index (χ0v) is 9.65. The van der Waals surface area contributed by atoms with Gasteiger partial charge >= 0.3 is 5.97 Å². The SMILES string of the molecule is O=C=NC1(c2ccc(F)cc2C(=O)O)CCCC1. The van der Waals surface area contributed by atoms with Crippen molar-refractivity contribution in [2.45, 2.75) is 31.2 Å². The summed E-state index contributed by atoms with van der Waals surface area (Å²) in [7, 11) is 0. The van der Waals surface area contributed by atoms with Gasteiger partial charge in [0.15, 0.2) is 0 Å². The van der Waals surface area contributed by atoms with Crippen molar-refractivity contribution in [3.8, 4) is 0 Å². The van der Waals surface area contributed by atoms with E-state index in [1.54, 1.807) is 0 Å². The number of benzene rings is 1. The molecule has 0 aliphatic heterocycles. The molecule has 18 heavy (non-hydrogen) atoms. The van der Waals surface area contributed by atoms with Gasteiger partial charge in [0.25, 0.3) is 0 Å². The maximum Gasteiger partial charge on any atom is 0.336 e. The van der Waals surface area contributed by atoms with E-state index in [9.17, 15) is 14.0 Å². The second-order valence-corrected chi connectivity index (χ2v) is 4.44. The molecule has 1 N–H and O–H groups in total. The molecule has 2 rings (SSSR count). The molecule has 1 aliphatic rings. The first-order valence-electron chi connectivity index (χ1n) is 5.71. The van der Waals surface area contributed by atoms with Gasteiger partial charge in [-0.05, 0) is 30.5 Å². The molecule has 4 nitrogen and oxygen atoms in total. The van der Waals surface area contributed by atoms with Crippen LogP contribution in [0, 0.1) is 5.82 Å². The van der Waals surface area contributed by atoms with Crippen LogP contribution in [-0.2, 0) is 10.3 Å². The van der Waals surface area contributed by atoms with E-state index >= 15 is 0 Å². The Labute approximate surface area is 103 Å². The summed E-state index contributed by atoms with van der Waals surface area (Å²) in [5.41, 5.74) is -0.573. The third-order valence-corrected chi connectivity index (χ3v) is 3.40. The number of nitrogens with zero attached hydrogens (tertiary/aromatic N) is 1. The molecular formula is C13H12FNO3. The van der Waals surface area contributed by atoms with E-state index in [-0.39, 0.29) is 5.56 Å². The Morgan fingerprint density at radius 2 is 2.06 bits per heavy atom. The lowest BCUT2D eigenvalue weighted by Crippen LogP contribution is -2.22. The molecule has 0 saturated heterocycles. The minimum atomic E-state index is -1.21. The number of carboxylic acids is 1. The van der Waals surface area contributed by atoms with Crippen LogP contribution in [0.1, 0.15) is 41.6 Å². The first-order chi connectivity index (χ1) is 8.59. The molecule has 1 aliphatic carbocycles. The average Bonchev–Trinajstić information content (AvgIpc) is 2.79. The number of hydrogen-bond donors (Lipinski definition) is 1. The molecule has 5 heteroatoms. The fourth-order valence-electron chi connectivity index (χ4n) is 2.59. The summed E-state index contributed by atoms with van der Waals surface area (Å²) in [6.07, 6.45) is 4.43. The average molecular weight is 249 g/mol. The van der Waals surface area contributed by atoms with Crippen LogP contribution in [-0.4, -0.2) is 17.2 Å². The van der Waals surface area contributed by atoms with Crippen molar-refractivity contribution in [3.63, 3.8) is 0 Å². The largest absolute Gasteiger partial charge is 0.478 e. The number of carbonyl (C=O) groups is 1. The zero-order valence-electron chi connectivity index (χ0n) is 9.65. The number of hydrogen-bond acceptors (Lipinski definition) is 3. The van der Waals surface area contributed by atoms with Gasteiger partial charge in [0.1, 0.15) is 5.82 Å². The second kappa shape index (κ2) is 4.70. The van der Waals surface area contributed by atoms with Crippen molar-refractivity contribution in [1.82, 2.24) is 0 Å². The minimum Gasteiger partial charge on any atom is -0.478 e. The summed E-state index contributed by atoms with van der Waals surface area (Å²) >= 11 is 0. The van der Waals surface area contributed by atoms with Gasteiger partial charge in [0, 0.05) is 0 Å². The molecule has 0 aromatic heterocycles. The van der Waals surface area contributed by atoms with Crippen LogP contribution in [0.4, 0.5) is 4.39 Å². The highest BCUT2D eigenvalue weighted by Gasteiger charge is 2.38. The highest BCUT2D eigenvalue weighted by atomic mass is 19.1. The quantitative estimate of drug-likeness (QED) is 0.661. The van der Waals surface area contributed by atoms with Gasteiger partial charge in [-0.25, -0.2) is 14.0 Å². The summed E-state index contributed by atoms with van der Waals surface area (Å²) in [5.74, 6) is -1.82. The van der Waals surface area contributed by atoms with Gasteiger partial charge in [-0.3, -0.25) is 0 Å². The lowest BCUT2D eigenvalue weighted by molar-refractivity contribution is 0.0693. The molecule has 0 amide bonds. The monoisotopic (exact) mass is 249 g/mol. The molecule has 0 spiro atoms. The van der Waals surface area contributed by atoms with Crippen molar-refractivity contribution in [3.05, 3.63) is 35.1 Å². The van der Waals surface area contributed by atoms with E-state index in [2.05, 4.69) is 4.99 Å². The standard InChI is InChI=1S/C13H12FNO3/c14-9-3-4-11(10(7-9)12(17)18)13(15-8-16)5-1-2-6-13/h3-4,7H,1-2,5-6H2,(H,17,18). The maximum absolute atomic E-state index is 13.1. The highest BCUT2D eigenvalue weighted by Crippen LogP contribution is 2.43. The lowest BCUT2D eigenvalue weighted by atomic mass is 9.85. The summed E-state index contributed by atoms with van der Waals surface area (Å²) in [6, 6.07) is 3.57. The van der Waals surface area contributed by atoms with Crippen molar-refractivity contribution in [2.24, 2.45) is 4.99 Å². The topological polar surface area (TPSA) is 66.7 Å². The molecule has 0 radical (unpaired) electrons. The van der Waals surface area contributed by atoms with E-state index in [1.165, 1.54) is 18.2 Å². The van der Waals surface area contributed by atoms with Crippen LogP contribution >= 0.6 is 0 Å². The van der Waals surface area contributed by atoms with E-state index in [0.29, 0.717) is 18.4 Å². The normalized spacial score (nSPS) is 17.2. The molecule has 1 aromatic rings. The molecule has 1 fully saturated rings. The predicted octanol–water partition coefficient (Wildman–Crippen LogP) is 2.63. The summed E-state index contributed by atoms with van der Waals surface area (Å²) in [5, 5.41) is 9.13. The molecule has 0 atom stereocenters. The third kappa shape index (κ3) is 2.05. The van der Waals surface area contributed by atoms with E-state index in [0.717, 1.165) is 18.9 Å². The Kier molecular flexibility index (Phi) is 3.26. The number of halogens is 1. The molecule has 1 aromatic carbocycles. The summed E-state index contributed by atoms with van der Waals surface area (Å²) in [6.45, 7) is 0. The molecule has 0 heterocycles. The molecule has 0 bridgehead atoms. The Morgan fingerprint density at radius 3 is 2.61 bits per heavy atom. The number of aliphatic imine (C=N–C) groups is 1. The van der Waals surface area contributed by atoms with E-state index in [1.807, 2.05) is 0 Å². The second-order valence-electron chi connectivity index (χ2n) is 4.44. The number of aromatic carboxylic acids is 1. The van der Waals surface area contributed by atoms with Crippen LogP contribution in [0.2, 0.25) is 0 Å². The summed E-state index contributed by atoms with van der Waals surface area (Å²) in [4.78, 5) is 25.6. The van der Waals surface area contributed by atoms with Crippen LogP contribution in [0.3, 0.4) is 0 Å². The van der Waals surface area contributed by atoms with Crippen molar-refractivity contribution in [2.75, 3.05) is 0 Å². The predicted molar refractivity (Wildman–Crippen MR) is 61.6 cm³/mol. The van der Waals surface area contributed by atoms with Crippen LogP contribution in [0.25, 0.3) is 0 Å². The van der Waals surface area contributed by atoms with Gasteiger partial charge < -0.3 is 5.11 Å². The Morgan fingerprint density at radius 1 is 1.39 bits per heavy atom. The van der Waals surface area contributed by atoms with Crippen molar-refractivity contribution >= 4 is 12.0 Å². The number of rotatable bonds is 3. The van der Waals surface area contributed by atoms with E-state index < -0.39 is 17.3 Å². The van der Waals surface area contributed by atoms with Crippen molar-refractivity contribution in [1.29, 1.82) is 0 Å². The van der Waals surface area contributed by atoms with E-state index in [4.69, 9.17) is 5.11 Å². The number of carboxylic acid groups (broad SMARTS) is 1. The van der Waals surface area contributed by atoms with Gasteiger partial charge in [0.05, 0.1) is 11.1 Å². The first kappa shape index (κ1) is 12.5. The van der Waals surface area contributed by atoms with Crippen LogP contribution < -0.4 is 0 Å². The fraction of sp³-hybridized carbons (Fsp3) is 0.385. The fourth-order valence-corrected chi connectivity index (χ4v) is 2.59. The molecule has 94 valence electrons. The third-order valence-electron chi connectivity index (χ3n) is 3.40. The molecular weight excluding hydrogens is 237 g/mol. The van der Waals surface area contributed by atoms with Gasteiger partial charge in [-0.2, -0.15) is 4.99 Å². The molecule has 1 saturated carbocycles. The maximum atomic E-state index is 13.1. The van der Waals surface area contributed by atoms with Gasteiger partial charge in [0.2, 0.25) is 6.08 Å².